The van der Waals surface area contributed by atoms with Crippen LogP contribution in [0.4, 0.5) is 4.79 Å². The molecule has 0 bridgehead atoms. The third-order valence-electron chi connectivity index (χ3n) is 10.7. The first-order valence-electron chi connectivity index (χ1n) is 18.0. The largest absolute Gasteiger partial charge is 0.412 e. The molecule has 0 saturated carbocycles. The summed E-state index contributed by atoms with van der Waals surface area (Å²) in [6.45, 7) is 5.36. The Kier molecular flexibility index (Phi) is 10.1. The number of carbonyl (C=O) groups excluding carboxylic acids is 2. The van der Waals surface area contributed by atoms with Crippen LogP contribution in [-0.4, -0.2) is 58.2 Å². The van der Waals surface area contributed by atoms with E-state index in [2.05, 4.69) is 58.7 Å². The molecular weight excluding hydrogens is 656 g/mol. The second kappa shape index (κ2) is 14.8. The fourth-order valence-electron chi connectivity index (χ4n) is 8.01. The summed E-state index contributed by atoms with van der Waals surface area (Å²) in [6, 6.07) is 28.3. The van der Waals surface area contributed by atoms with Crippen LogP contribution in [0.2, 0.25) is 0 Å². The summed E-state index contributed by atoms with van der Waals surface area (Å²) in [7, 11) is 1.47. The van der Waals surface area contributed by atoms with E-state index >= 15 is 0 Å². The number of aromatic nitrogens is 2. The Labute approximate surface area is 303 Å². The lowest BCUT2D eigenvalue weighted by molar-refractivity contribution is -0.125. The van der Waals surface area contributed by atoms with Gasteiger partial charge in [0.2, 0.25) is 0 Å². The van der Waals surface area contributed by atoms with Gasteiger partial charge in [-0.05, 0) is 73.2 Å². The molecule has 10 nitrogen and oxygen atoms in total. The zero-order chi connectivity index (χ0) is 36.4. The number of nitrogens with one attached hydrogen (secondary N) is 1. The average Bonchev–Trinajstić information content (AvgIpc) is 3.79. The number of amides is 1. The molecule has 2 aliphatic rings. The van der Waals surface area contributed by atoms with Crippen molar-refractivity contribution < 1.29 is 24.2 Å². The second-order valence-corrected chi connectivity index (χ2v) is 13.6. The fraction of sp³-hybridized carbons (Fsp3) is 0.333. The van der Waals surface area contributed by atoms with Crippen molar-refractivity contribution in [2.75, 3.05) is 20.2 Å². The van der Waals surface area contributed by atoms with Crippen LogP contribution in [0.25, 0.3) is 22.3 Å². The highest BCUT2D eigenvalue weighted by atomic mass is 16.6. The van der Waals surface area contributed by atoms with Crippen LogP contribution >= 0.6 is 0 Å². The second-order valence-electron chi connectivity index (χ2n) is 13.6. The van der Waals surface area contributed by atoms with Crippen molar-refractivity contribution in [2.24, 2.45) is 0 Å². The van der Waals surface area contributed by atoms with Crippen molar-refractivity contribution in [1.29, 1.82) is 0 Å². The molecule has 7 rings (SSSR count). The van der Waals surface area contributed by atoms with Crippen molar-refractivity contribution in [3.05, 3.63) is 129 Å². The maximum atomic E-state index is 13.8. The van der Waals surface area contributed by atoms with Crippen molar-refractivity contribution in [3.63, 3.8) is 0 Å². The van der Waals surface area contributed by atoms with E-state index in [0.29, 0.717) is 41.9 Å². The van der Waals surface area contributed by atoms with Crippen LogP contribution < -0.4 is 15.6 Å². The number of hydrogen-bond donors (Lipinski definition) is 2. The molecule has 2 aliphatic heterocycles. The normalized spacial score (nSPS) is 16.4. The molecule has 1 fully saturated rings. The highest BCUT2D eigenvalue weighted by Gasteiger charge is 2.36. The molecule has 4 heterocycles. The van der Waals surface area contributed by atoms with Crippen molar-refractivity contribution in [3.8, 4) is 17.1 Å². The van der Waals surface area contributed by atoms with E-state index < -0.39 is 11.7 Å². The standard InChI is InChI=1S/C42H44N4O6/c1-4-31-32-21-30(52-41(49)43-23-29-17-12-20-45(29)39(27-13-8-6-9-14-27)28-15-10-7-11-16-28)18-19-36(32)44-38-33(31)24-46-37(38)22-35(42(50,5-2)26-47)34(25-51-3)40(46)48/h6-11,13-16,18-19,21-22,26,29,39,50H,4-5,12,17,20,23-25H2,1-3H3,(H,43,49)/t29?,42-/m1/s1. The Hall–Kier alpha value is -5.16. The van der Waals surface area contributed by atoms with E-state index in [9.17, 15) is 19.5 Å². The van der Waals surface area contributed by atoms with Gasteiger partial charge in [-0.3, -0.25) is 14.5 Å². The topological polar surface area (TPSA) is 123 Å². The summed E-state index contributed by atoms with van der Waals surface area (Å²) in [5.41, 5.74) is 4.50. The molecule has 10 heteroatoms. The number of methoxy groups -OCH3 is 1. The first-order valence-corrected chi connectivity index (χ1v) is 18.0. The number of fused-ring (bicyclic) bond motifs is 4. The highest BCUT2D eigenvalue weighted by molar-refractivity contribution is 5.89. The van der Waals surface area contributed by atoms with E-state index in [4.69, 9.17) is 14.5 Å². The van der Waals surface area contributed by atoms with E-state index in [1.54, 1.807) is 23.6 Å². The van der Waals surface area contributed by atoms with Crippen LogP contribution in [0, 0.1) is 0 Å². The van der Waals surface area contributed by atoms with Gasteiger partial charge in [0.15, 0.2) is 6.29 Å². The number of benzene rings is 3. The number of rotatable bonds is 12. The lowest BCUT2D eigenvalue weighted by Crippen LogP contribution is -2.43. The molecule has 2 atom stereocenters. The van der Waals surface area contributed by atoms with Gasteiger partial charge in [0.25, 0.3) is 5.56 Å². The molecule has 1 saturated heterocycles. The fourth-order valence-corrected chi connectivity index (χ4v) is 8.01. The lowest BCUT2D eigenvalue weighted by atomic mass is 9.89. The molecule has 0 radical (unpaired) electrons. The summed E-state index contributed by atoms with van der Waals surface area (Å²) in [5.74, 6) is 0.396. The third-order valence-corrected chi connectivity index (χ3v) is 10.7. The number of ether oxygens (including phenoxy) is 2. The number of nitrogens with zero attached hydrogens (tertiary/aromatic N) is 3. The molecule has 2 N–H and O–H groups in total. The molecule has 5 aromatic rings. The van der Waals surface area contributed by atoms with Crippen LogP contribution in [0.3, 0.4) is 0 Å². The number of carbonyl (C=O) groups is 2. The lowest BCUT2D eigenvalue weighted by Gasteiger charge is -2.34. The van der Waals surface area contributed by atoms with Gasteiger partial charge in [0, 0.05) is 41.8 Å². The SMILES string of the molecule is CCc1c2c(nc3ccc(OC(=O)NCC4CCCN4C(c4ccccc4)c4ccccc4)cc13)-c1cc([C@](O)(C=O)CC)c(COC)c(=O)n1C2. The average molecular weight is 701 g/mol. The number of aryl methyl sites for hydroxylation is 1. The van der Waals surface area contributed by atoms with Crippen LogP contribution in [0.5, 0.6) is 5.75 Å². The minimum atomic E-state index is -1.83. The van der Waals surface area contributed by atoms with E-state index in [-0.39, 0.29) is 48.3 Å². The first-order chi connectivity index (χ1) is 25.3. The van der Waals surface area contributed by atoms with Gasteiger partial charge in [-0.15, -0.1) is 0 Å². The quantitative estimate of drug-likeness (QED) is 0.143. The Bertz CT molecular complexity index is 2130. The van der Waals surface area contributed by atoms with Crippen LogP contribution in [0.15, 0.2) is 89.7 Å². The number of aliphatic hydroxyl groups is 1. The molecular formula is C42H44N4O6. The van der Waals surface area contributed by atoms with Crippen LogP contribution in [0.1, 0.15) is 72.5 Å². The molecule has 3 aromatic carbocycles. The van der Waals surface area contributed by atoms with Gasteiger partial charge in [-0.1, -0.05) is 74.5 Å². The van der Waals surface area contributed by atoms with E-state index in [1.165, 1.54) is 18.2 Å². The molecule has 1 unspecified atom stereocenters. The Morgan fingerprint density at radius 2 is 1.75 bits per heavy atom. The number of pyridine rings is 2. The van der Waals surface area contributed by atoms with Gasteiger partial charge in [-0.2, -0.15) is 0 Å². The first kappa shape index (κ1) is 35.3. The van der Waals surface area contributed by atoms with E-state index in [1.807, 2.05) is 31.2 Å². The minimum absolute atomic E-state index is 0.0425. The predicted molar refractivity (Wildman–Crippen MR) is 199 cm³/mol. The summed E-state index contributed by atoms with van der Waals surface area (Å²) < 4.78 is 12.8. The summed E-state index contributed by atoms with van der Waals surface area (Å²) >= 11 is 0. The third kappa shape index (κ3) is 6.42. The minimum Gasteiger partial charge on any atom is -0.410 e. The Balaban J connectivity index is 1.13. The number of hydrogen-bond acceptors (Lipinski definition) is 8. The summed E-state index contributed by atoms with van der Waals surface area (Å²) in [5, 5.41) is 15.0. The molecule has 0 aliphatic carbocycles. The highest BCUT2D eigenvalue weighted by Crippen LogP contribution is 2.39. The zero-order valence-electron chi connectivity index (χ0n) is 29.8. The molecule has 2 aromatic heterocycles. The van der Waals surface area contributed by atoms with Gasteiger partial charge in [-0.25, -0.2) is 9.78 Å². The van der Waals surface area contributed by atoms with Crippen molar-refractivity contribution in [2.45, 2.75) is 70.4 Å². The molecule has 1 amide bonds. The van der Waals surface area contributed by atoms with Gasteiger partial charge >= 0.3 is 6.09 Å². The Morgan fingerprint density at radius 1 is 1.04 bits per heavy atom. The van der Waals surface area contributed by atoms with Gasteiger partial charge < -0.3 is 24.5 Å². The Morgan fingerprint density at radius 3 is 2.38 bits per heavy atom. The zero-order valence-corrected chi connectivity index (χ0v) is 29.8. The van der Waals surface area contributed by atoms with Crippen molar-refractivity contribution in [1.82, 2.24) is 19.8 Å². The number of likely N-dealkylation sites (tertiary alicyclic amines) is 1. The number of aldehydes is 1. The van der Waals surface area contributed by atoms with Gasteiger partial charge in [0.1, 0.15) is 11.4 Å². The van der Waals surface area contributed by atoms with Crippen molar-refractivity contribution >= 4 is 23.3 Å². The monoisotopic (exact) mass is 700 g/mol. The smallest absolute Gasteiger partial charge is 0.410 e. The predicted octanol–water partition coefficient (Wildman–Crippen LogP) is 6.27. The summed E-state index contributed by atoms with van der Waals surface area (Å²) in [6.07, 6.45) is 2.71. The maximum absolute atomic E-state index is 13.8. The van der Waals surface area contributed by atoms with Crippen LogP contribution in [-0.2, 0) is 34.7 Å². The van der Waals surface area contributed by atoms with E-state index in [0.717, 1.165) is 35.9 Å². The molecule has 0 spiro atoms. The molecule has 268 valence electrons. The summed E-state index contributed by atoms with van der Waals surface area (Å²) in [4.78, 5) is 46.5. The maximum Gasteiger partial charge on any atom is 0.412 e. The molecule has 52 heavy (non-hydrogen) atoms. The van der Waals surface area contributed by atoms with Gasteiger partial charge in [0.05, 0.1) is 36.1 Å².